The van der Waals surface area contributed by atoms with Crippen LogP contribution in [-0.2, 0) is 6.18 Å². The van der Waals surface area contributed by atoms with Crippen LogP contribution in [0.4, 0.5) is 24.7 Å². The molecule has 3 N–H and O–H groups in total. The number of nitrogen functional groups attached to an aromatic ring is 1. The van der Waals surface area contributed by atoms with Gasteiger partial charge in [0.2, 0.25) is 0 Å². The van der Waals surface area contributed by atoms with Crippen LogP contribution in [0, 0.1) is 0 Å². The Kier molecular flexibility index (Phi) is 4.04. The van der Waals surface area contributed by atoms with E-state index >= 15 is 0 Å². The molecular formula is C13H9ClF3N3O. The van der Waals surface area contributed by atoms with E-state index in [0.29, 0.717) is 0 Å². The van der Waals surface area contributed by atoms with Crippen LogP contribution in [0.15, 0.2) is 36.5 Å². The second-order valence-electron chi connectivity index (χ2n) is 4.05. The third kappa shape index (κ3) is 3.25. The molecule has 0 unspecified atom stereocenters. The number of nitrogens with zero attached hydrogens (tertiary/aromatic N) is 1. The fourth-order valence-electron chi connectivity index (χ4n) is 1.66. The second kappa shape index (κ2) is 5.61. The van der Waals surface area contributed by atoms with E-state index in [4.69, 9.17) is 17.3 Å². The number of nitrogens with two attached hydrogens (primary N) is 1. The highest BCUT2D eigenvalue weighted by Gasteiger charge is 2.34. The van der Waals surface area contributed by atoms with Crippen molar-refractivity contribution in [3.8, 4) is 0 Å². The number of nitrogens with one attached hydrogen (secondary N) is 1. The van der Waals surface area contributed by atoms with E-state index in [1.165, 1.54) is 18.3 Å². The molecule has 21 heavy (non-hydrogen) atoms. The van der Waals surface area contributed by atoms with E-state index in [2.05, 4.69) is 10.3 Å². The summed E-state index contributed by atoms with van der Waals surface area (Å²) in [6, 6.07) is 6.14. The van der Waals surface area contributed by atoms with E-state index < -0.39 is 23.3 Å². The molecule has 0 saturated carbocycles. The predicted octanol–water partition coefficient (Wildman–Crippen LogP) is 3.59. The molecule has 2 aromatic rings. The highest BCUT2D eigenvalue weighted by molar-refractivity contribution is 6.33. The zero-order valence-electron chi connectivity index (χ0n) is 10.4. The van der Waals surface area contributed by atoms with Crippen LogP contribution in [-0.4, -0.2) is 10.9 Å². The maximum Gasteiger partial charge on any atom is 0.418 e. The van der Waals surface area contributed by atoms with Gasteiger partial charge in [-0.05, 0) is 24.3 Å². The SMILES string of the molecule is Nc1c(C(=O)Nc2ncccc2Cl)cccc1C(F)(F)F. The summed E-state index contributed by atoms with van der Waals surface area (Å²) in [5, 5.41) is 2.48. The number of pyridine rings is 1. The standard InChI is InChI=1S/C13H9ClF3N3O/c14-9-5-2-6-19-11(9)20-12(21)7-3-1-4-8(10(7)18)13(15,16)17/h1-6H,18H2,(H,19,20,21). The van der Waals surface area contributed by atoms with Gasteiger partial charge in [0.25, 0.3) is 5.91 Å². The summed E-state index contributed by atoms with van der Waals surface area (Å²) >= 11 is 5.81. The number of hydrogen-bond donors (Lipinski definition) is 2. The van der Waals surface area contributed by atoms with Gasteiger partial charge in [-0.25, -0.2) is 4.98 Å². The Morgan fingerprint density at radius 1 is 1.24 bits per heavy atom. The summed E-state index contributed by atoms with van der Waals surface area (Å²) in [6.07, 6.45) is -3.25. The van der Waals surface area contributed by atoms with Gasteiger partial charge in [-0.2, -0.15) is 13.2 Å². The van der Waals surface area contributed by atoms with Crippen LogP contribution in [0.3, 0.4) is 0 Å². The van der Waals surface area contributed by atoms with Gasteiger partial charge in [-0.1, -0.05) is 17.7 Å². The smallest absolute Gasteiger partial charge is 0.398 e. The Labute approximate surface area is 122 Å². The number of aromatic nitrogens is 1. The minimum Gasteiger partial charge on any atom is -0.398 e. The average Bonchev–Trinajstić information content (AvgIpc) is 2.40. The summed E-state index contributed by atoms with van der Waals surface area (Å²) in [4.78, 5) is 15.8. The molecule has 2 rings (SSSR count). The van der Waals surface area contributed by atoms with Crippen molar-refractivity contribution < 1.29 is 18.0 Å². The van der Waals surface area contributed by atoms with Crippen LogP contribution >= 0.6 is 11.6 Å². The Balaban J connectivity index is 2.35. The Bertz CT molecular complexity index is 689. The molecule has 0 aliphatic heterocycles. The first kappa shape index (κ1) is 15.1. The fraction of sp³-hybridized carbons (Fsp3) is 0.0769. The molecule has 1 aromatic heterocycles. The minimum absolute atomic E-state index is 0.0426. The van der Waals surface area contributed by atoms with E-state index in [9.17, 15) is 18.0 Å². The molecule has 0 aliphatic carbocycles. The van der Waals surface area contributed by atoms with Crippen molar-refractivity contribution in [2.24, 2.45) is 0 Å². The number of rotatable bonds is 2. The number of anilines is 2. The first-order chi connectivity index (χ1) is 9.80. The first-order valence-corrected chi connectivity index (χ1v) is 6.06. The monoisotopic (exact) mass is 315 g/mol. The van der Waals surface area contributed by atoms with Crippen LogP contribution in [0.25, 0.3) is 0 Å². The number of halogens is 4. The Morgan fingerprint density at radius 2 is 1.95 bits per heavy atom. The van der Waals surface area contributed by atoms with Crippen LogP contribution in [0.5, 0.6) is 0 Å². The highest BCUT2D eigenvalue weighted by Crippen LogP contribution is 2.35. The van der Waals surface area contributed by atoms with Gasteiger partial charge in [-0.3, -0.25) is 4.79 Å². The van der Waals surface area contributed by atoms with Crippen LogP contribution in [0.1, 0.15) is 15.9 Å². The molecule has 1 aromatic carbocycles. The maximum atomic E-state index is 12.7. The molecule has 1 heterocycles. The Hall–Kier alpha value is -2.28. The van der Waals surface area contributed by atoms with Gasteiger partial charge in [0.15, 0.2) is 5.82 Å². The zero-order valence-corrected chi connectivity index (χ0v) is 11.2. The molecule has 0 fully saturated rings. The molecule has 0 radical (unpaired) electrons. The number of carbonyl (C=O) groups excluding carboxylic acids is 1. The summed E-state index contributed by atoms with van der Waals surface area (Å²) in [5.74, 6) is -0.778. The summed E-state index contributed by atoms with van der Waals surface area (Å²) < 4.78 is 38.2. The minimum atomic E-state index is -4.64. The average molecular weight is 316 g/mol. The molecular weight excluding hydrogens is 307 g/mol. The van der Waals surface area contributed by atoms with Gasteiger partial charge in [0, 0.05) is 6.20 Å². The molecule has 1 amide bonds. The Morgan fingerprint density at radius 3 is 2.57 bits per heavy atom. The number of alkyl halides is 3. The summed E-state index contributed by atoms with van der Waals surface area (Å²) in [6.45, 7) is 0. The molecule has 110 valence electrons. The van der Waals surface area contributed by atoms with Crippen LogP contribution in [0.2, 0.25) is 5.02 Å². The molecule has 4 nitrogen and oxygen atoms in total. The summed E-state index contributed by atoms with van der Waals surface area (Å²) in [7, 11) is 0. The molecule has 0 atom stereocenters. The van der Waals surface area contributed by atoms with Crippen molar-refractivity contribution in [2.75, 3.05) is 11.1 Å². The van der Waals surface area contributed by atoms with Crippen molar-refractivity contribution in [1.82, 2.24) is 4.98 Å². The highest BCUT2D eigenvalue weighted by atomic mass is 35.5. The topological polar surface area (TPSA) is 68.0 Å². The van der Waals surface area contributed by atoms with Crippen molar-refractivity contribution in [3.63, 3.8) is 0 Å². The van der Waals surface area contributed by atoms with E-state index in [-0.39, 0.29) is 16.4 Å². The molecule has 0 saturated heterocycles. The molecule has 0 bridgehead atoms. The normalized spacial score (nSPS) is 11.2. The van der Waals surface area contributed by atoms with E-state index in [0.717, 1.165) is 12.1 Å². The van der Waals surface area contributed by atoms with Gasteiger partial charge < -0.3 is 11.1 Å². The number of hydrogen-bond acceptors (Lipinski definition) is 3. The molecule has 0 spiro atoms. The van der Waals surface area contributed by atoms with Gasteiger partial charge >= 0.3 is 6.18 Å². The molecule has 0 aliphatic rings. The van der Waals surface area contributed by atoms with E-state index in [1.54, 1.807) is 6.07 Å². The zero-order chi connectivity index (χ0) is 15.6. The first-order valence-electron chi connectivity index (χ1n) is 5.68. The quantitative estimate of drug-likeness (QED) is 0.832. The predicted molar refractivity (Wildman–Crippen MR) is 73.1 cm³/mol. The maximum absolute atomic E-state index is 12.7. The number of benzene rings is 1. The third-order valence-electron chi connectivity index (χ3n) is 2.65. The lowest BCUT2D eigenvalue weighted by Crippen LogP contribution is -2.18. The lowest BCUT2D eigenvalue weighted by atomic mass is 10.1. The number of carbonyl (C=O) groups is 1. The fourth-order valence-corrected chi connectivity index (χ4v) is 1.83. The van der Waals surface area contributed by atoms with Gasteiger partial charge in [-0.15, -0.1) is 0 Å². The van der Waals surface area contributed by atoms with Crippen molar-refractivity contribution in [2.45, 2.75) is 6.18 Å². The number of para-hydroxylation sites is 1. The summed E-state index contributed by atoms with van der Waals surface area (Å²) in [5.41, 5.74) is 3.42. The third-order valence-corrected chi connectivity index (χ3v) is 2.95. The second-order valence-corrected chi connectivity index (χ2v) is 4.46. The van der Waals surface area contributed by atoms with Gasteiger partial charge in [0.1, 0.15) is 0 Å². The number of amides is 1. The molecule has 8 heteroatoms. The lowest BCUT2D eigenvalue weighted by molar-refractivity contribution is -0.136. The van der Waals surface area contributed by atoms with Crippen LogP contribution < -0.4 is 11.1 Å². The largest absolute Gasteiger partial charge is 0.418 e. The van der Waals surface area contributed by atoms with Crippen molar-refractivity contribution >= 4 is 29.0 Å². The van der Waals surface area contributed by atoms with Crippen molar-refractivity contribution in [1.29, 1.82) is 0 Å². The lowest BCUT2D eigenvalue weighted by Gasteiger charge is -2.13. The van der Waals surface area contributed by atoms with E-state index in [1.807, 2.05) is 0 Å². The van der Waals surface area contributed by atoms with Crippen molar-refractivity contribution in [3.05, 3.63) is 52.7 Å². The van der Waals surface area contributed by atoms with Gasteiger partial charge in [0.05, 0.1) is 21.8 Å².